The summed E-state index contributed by atoms with van der Waals surface area (Å²) in [6, 6.07) is 18.3. The van der Waals surface area contributed by atoms with E-state index in [9.17, 15) is 0 Å². The first-order valence-electron chi connectivity index (χ1n) is 6.32. The fourth-order valence-electron chi connectivity index (χ4n) is 1.81. The van der Waals surface area contributed by atoms with Crippen molar-refractivity contribution in [3.05, 3.63) is 65.7 Å². The minimum Gasteiger partial charge on any atom is -0.489 e. The second-order valence-corrected chi connectivity index (χ2v) is 4.36. The molecule has 18 heavy (non-hydrogen) atoms. The van der Waals surface area contributed by atoms with E-state index in [2.05, 4.69) is 19.1 Å². The van der Waals surface area contributed by atoms with Crippen molar-refractivity contribution in [3.8, 4) is 5.75 Å². The lowest BCUT2D eigenvalue weighted by Crippen LogP contribution is -2.08. The third-order valence-electron chi connectivity index (χ3n) is 2.97. The maximum Gasteiger partial charge on any atom is 0.120 e. The lowest BCUT2D eigenvalue weighted by molar-refractivity contribution is 0.305. The highest BCUT2D eigenvalue weighted by Crippen LogP contribution is 2.20. The first-order valence-corrected chi connectivity index (χ1v) is 6.32. The Labute approximate surface area is 108 Å². The zero-order valence-electron chi connectivity index (χ0n) is 10.7. The fourth-order valence-corrected chi connectivity index (χ4v) is 1.81. The van der Waals surface area contributed by atoms with Crippen LogP contribution in [0.2, 0.25) is 0 Å². The minimum absolute atomic E-state index is 0.0882. The molecule has 2 heteroatoms. The second-order valence-electron chi connectivity index (χ2n) is 4.36. The Balaban J connectivity index is 2.01. The van der Waals surface area contributed by atoms with Gasteiger partial charge in [0.15, 0.2) is 0 Å². The smallest absolute Gasteiger partial charge is 0.120 e. The Kier molecular flexibility index (Phi) is 4.37. The standard InChI is InChI=1S/C16H19NO/c1-2-16(17)14-9-6-10-15(11-14)18-12-13-7-4-3-5-8-13/h3-11,16H,2,12,17H2,1H3/t16-/m1/s1. The van der Waals surface area contributed by atoms with Crippen LogP contribution in [0.4, 0.5) is 0 Å². The number of nitrogens with two attached hydrogens (primary N) is 1. The normalized spacial score (nSPS) is 12.1. The van der Waals surface area contributed by atoms with Crippen LogP contribution in [0.5, 0.6) is 5.75 Å². The van der Waals surface area contributed by atoms with Crippen LogP contribution in [-0.4, -0.2) is 0 Å². The Morgan fingerprint density at radius 2 is 1.83 bits per heavy atom. The molecule has 0 unspecified atom stereocenters. The number of hydrogen-bond acceptors (Lipinski definition) is 2. The van der Waals surface area contributed by atoms with Crippen molar-refractivity contribution in [1.29, 1.82) is 0 Å². The lowest BCUT2D eigenvalue weighted by Gasteiger charge is -2.12. The molecule has 0 heterocycles. The van der Waals surface area contributed by atoms with E-state index in [1.54, 1.807) is 0 Å². The van der Waals surface area contributed by atoms with Gasteiger partial charge in [-0.05, 0) is 29.7 Å². The van der Waals surface area contributed by atoms with Crippen LogP contribution in [0.3, 0.4) is 0 Å². The summed E-state index contributed by atoms with van der Waals surface area (Å²) in [4.78, 5) is 0. The monoisotopic (exact) mass is 241 g/mol. The van der Waals surface area contributed by atoms with Crippen molar-refractivity contribution in [2.24, 2.45) is 5.73 Å². The van der Waals surface area contributed by atoms with Crippen LogP contribution < -0.4 is 10.5 Å². The van der Waals surface area contributed by atoms with Gasteiger partial charge < -0.3 is 10.5 Å². The molecule has 0 aliphatic heterocycles. The van der Waals surface area contributed by atoms with Gasteiger partial charge in [0.2, 0.25) is 0 Å². The Hall–Kier alpha value is -1.80. The summed E-state index contributed by atoms with van der Waals surface area (Å²) < 4.78 is 5.77. The van der Waals surface area contributed by atoms with Gasteiger partial charge in [-0.2, -0.15) is 0 Å². The topological polar surface area (TPSA) is 35.2 Å². The van der Waals surface area contributed by atoms with E-state index in [0.717, 1.165) is 17.7 Å². The second kappa shape index (κ2) is 6.22. The zero-order chi connectivity index (χ0) is 12.8. The van der Waals surface area contributed by atoms with Gasteiger partial charge in [-0.1, -0.05) is 49.4 Å². The molecule has 2 aromatic carbocycles. The van der Waals surface area contributed by atoms with Crippen molar-refractivity contribution in [2.75, 3.05) is 0 Å². The Morgan fingerprint density at radius 3 is 2.56 bits per heavy atom. The minimum atomic E-state index is 0.0882. The van der Waals surface area contributed by atoms with Gasteiger partial charge in [0, 0.05) is 6.04 Å². The molecule has 0 aromatic heterocycles. The molecular formula is C16H19NO. The Bertz CT molecular complexity index is 481. The van der Waals surface area contributed by atoms with E-state index in [0.29, 0.717) is 6.61 Å². The molecular weight excluding hydrogens is 222 g/mol. The third kappa shape index (κ3) is 3.34. The number of ether oxygens (including phenoxy) is 1. The molecule has 2 aromatic rings. The van der Waals surface area contributed by atoms with Crippen LogP contribution in [0.15, 0.2) is 54.6 Å². The molecule has 0 spiro atoms. The van der Waals surface area contributed by atoms with Crippen LogP contribution >= 0.6 is 0 Å². The molecule has 0 amide bonds. The third-order valence-corrected chi connectivity index (χ3v) is 2.97. The molecule has 0 saturated carbocycles. The van der Waals surface area contributed by atoms with E-state index in [1.807, 2.05) is 42.5 Å². The molecule has 0 radical (unpaired) electrons. The highest BCUT2D eigenvalue weighted by molar-refractivity contribution is 5.30. The summed E-state index contributed by atoms with van der Waals surface area (Å²) in [5.41, 5.74) is 8.31. The molecule has 94 valence electrons. The largest absolute Gasteiger partial charge is 0.489 e. The fraction of sp³-hybridized carbons (Fsp3) is 0.250. The van der Waals surface area contributed by atoms with Crippen LogP contribution in [0, 0.1) is 0 Å². The van der Waals surface area contributed by atoms with Crippen molar-refractivity contribution in [2.45, 2.75) is 26.0 Å². The summed E-state index contributed by atoms with van der Waals surface area (Å²) in [5.74, 6) is 0.875. The molecule has 1 atom stereocenters. The van der Waals surface area contributed by atoms with E-state index < -0.39 is 0 Å². The Morgan fingerprint density at radius 1 is 1.06 bits per heavy atom. The summed E-state index contributed by atoms with van der Waals surface area (Å²) >= 11 is 0. The summed E-state index contributed by atoms with van der Waals surface area (Å²) in [6.07, 6.45) is 0.933. The molecule has 2 nitrogen and oxygen atoms in total. The summed E-state index contributed by atoms with van der Waals surface area (Å²) in [6.45, 7) is 2.67. The van der Waals surface area contributed by atoms with Crippen LogP contribution in [-0.2, 0) is 6.61 Å². The quantitative estimate of drug-likeness (QED) is 0.866. The molecule has 2 N–H and O–H groups in total. The zero-order valence-corrected chi connectivity index (χ0v) is 10.7. The predicted octanol–water partition coefficient (Wildman–Crippen LogP) is 3.68. The van der Waals surface area contributed by atoms with Gasteiger partial charge in [0.1, 0.15) is 12.4 Å². The molecule has 0 saturated heterocycles. The van der Waals surface area contributed by atoms with Crippen molar-refractivity contribution in [3.63, 3.8) is 0 Å². The summed E-state index contributed by atoms with van der Waals surface area (Å²) in [5, 5.41) is 0. The maximum absolute atomic E-state index is 6.01. The number of benzene rings is 2. The van der Waals surface area contributed by atoms with Gasteiger partial charge in [0.05, 0.1) is 0 Å². The van der Waals surface area contributed by atoms with E-state index in [1.165, 1.54) is 5.56 Å². The maximum atomic E-state index is 6.01. The SMILES string of the molecule is CC[C@@H](N)c1cccc(OCc2ccccc2)c1. The lowest BCUT2D eigenvalue weighted by atomic mass is 10.1. The van der Waals surface area contributed by atoms with E-state index in [-0.39, 0.29) is 6.04 Å². The molecule has 0 bridgehead atoms. The average molecular weight is 241 g/mol. The number of rotatable bonds is 5. The van der Waals surface area contributed by atoms with E-state index in [4.69, 9.17) is 10.5 Å². The van der Waals surface area contributed by atoms with Gasteiger partial charge in [0.25, 0.3) is 0 Å². The summed E-state index contributed by atoms with van der Waals surface area (Å²) in [7, 11) is 0. The van der Waals surface area contributed by atoms with Gasteiger partial charge in [-0.3, -0.25) is 0 Å². The predicted molar refractivity (Wildman–Crippen MR) is 74.4 cm³/mol. The van der Waals surface area contributed by atoms with Crippen LogP contribution in [0.25, 0.3) is 0 Å². The van der Waals surface area contributed by atoms with Crippen molar-refractivity contribution < 1.29 is 4.74 Å². The van der Waals surface area contributed by atoms with Crippen LogP contribution in [0.1, 0.15) is 30.5 Å². The van der Waals surface area contributed by atoms with Crippen molar-refractivity contribution >= 4 is 0 Å². The molecule has 2 rings (SSSR count). The highest BCUT2D eigenvalue weighted by atomic mass is 16.5. The first-order chi connectivity index (χ1) is 8.79. The average Bonchev–Trinajstić information content (AvgIpc) is 2.45. The highest BCUT2D eigenvalue weighted by Gasteiger charge is 2.04. The molecule has 0 fully saturated rings. The van der Waals surface area contributed by atoms with Gasteiger partial charge in [-0.15, -0.1) is 0 Å². The van der Waals surface area contributed by atoms with Gasteiger partial charge >= 0.3 is 0 Å². The first kappa shape index (κ1) is 12.7. The number of hydrogen-bond donors (Lipinski definition) is 1. The molecule has 0 aliphatic rings. The van der Waals surface area contributed by atoms with Gasteiger partial charge in [-0.25, -0.2) is 0 Å². The van der Waals surface area contributed by atoms with Crippen molar-refractivity contribution in [1.82, 2.24) is 0 Å². The van der Waals surface area contributed by atoms with E-state index >= 15 is 0 Å². The molecule has 0 aliphatic carbocycles.